The van der Waals surface area contributed by atoms with E-state index in [0.717, 1.165) is 22.3 Å². The quantitative estimate of drug-likeness (QED) is 0.876. The molecule has 3 heteroatoms. The topological polar surface area (TPSA) is 46.2 Å². The Morgan fingerprint density at radius 3 is 2.35 bits per heavy atom. The van der Waals surface area contributed by atoms with Gasteiger partial charge >= 0.3 is 0 Å². The van der Waals surface area contributed by atoms with E-state index in [4.69, 9.17) is 17.3 Å². The number of aliphatic hydroxyl groups is 1. The molecule has 0 aliphatic rings. The van der Waals surface area contributed by atoms with E-state index in [2.05, 4.69) is 0 Å². The molecule has 2 rings (SSSR count). The van der Waals surface area contributed by atoms with Crippen molar-refractivity contribution in [3.05, 3.63) is 58.6 Å². The maximum Gasteiger partial charge on any atom is 0.0685 e. The van der Waals surface area contributed by atoms with Crippen LogP contribution in [-0.2, 0) is 13.2 Å². The zero-order valence-corrected chi connectivity index (χ0v) is 10.1. The van der Waals surface area contributed by atoms with Gasteiger partial charge in [-0.25, -0.2) is 0 Å². The standard InChI is InChI=1S/C14H14ClNO/c15-12-6-4-10(5-7-12)13-3-1-2-11(9-17)14(13)8-16/h1-7,17H,8-9,16H2. The van der Waals surface area contributed by atoms with E-state index in [-0.39, 0.29) is 6.61 Å². The maximum absolute atomic E-state index is 9.29. The van der Waals surface area contributed by atoms with E-state index in [1.165, 1.54) is 0 Å². The fourth-order valence-corrected chi connectivity index (χ4v) is 2.05. The fourth-order valence-electron chi connectivity index (χ4n) is 1.92. The summed E-state index contributed by atoms with van der Waals surface area (Å²) in [5.41, 5.74) is 9.73. The minimum Gasteiger partial charge on any atom is -0.392 e. The molecule has 0 saturated heterocycles. The second kappa shape index (κ2) is 5.32. The monoisotopic (exact) mass is 247 g/mol. The first-order valence-corrected chi connectivity index (χ1v) is 5.81. The third kappa shape index (κ3) is 2.50. The normalized spacial score (nSPS) is 10.5. The molecule has 0 amide bonds. The summed E-state index contributed by atoms with van der Waals surface area (Å²) in [4.78, 5) is 0. The van der Waals surface area contributed by atoms with Crippen molar-refractivity contribution in [2.24, 2.45) is 5.73 Å². The van der Waals surface area contributed by atoms with E-state index in [0.29, 0.717) is 11.6 Å². The summed E-state index contributed by atoms with van der Waals surface area (Å²) in [6, 6.07) is 13.4. The molecular weight excluding hydrogens is 234 g/mol. The van der Waals surface area contributed by atoms with E-state index >= 15 is 0 Å². The van der Waals surface area contributed by atoms with Gasteiger partial charge in [-0.3, -0.25) is 0 Å². The molecule has 0 bridgehead atoms. The summed E-state index contributed by atoms with van der Waals surface area (Å²) in [7, 11) is 0. The van der Waals surface area contributed by atoms with E-state index in [1.807, 2.05) is 42.5 Å². The number of halogens is 1. The smallest absolute Gasteiger partial charge is 0.0685 e. The average molecular weight is 248 g/mol. The van der Waals surface area contributed by atoms with Crippen LogP contribution < -0.4 is 5.73 Å². The van der Waals surface area contributed by atoms with Gasteiger partial charge in [0.1, 0.15) is 0 Å². The molecule has 2 aromatic rings. The fraction of sp³-hybridized carbons (Fsp3) is 0.143. The third-order valence-electron chi connectivity index (χ3n) is 2.80. The number of hydrogen-bond acceptors (Lipinski definition) is 2. The Bertz CT molecular complexity index is 508. The van der Waals surface area contributed by atoms with Crippen molar-refractivity contribution >= 4 is 11.6 Å². The lowest BCUT2D eigenvalue weighted by molar-refractivity contribution is 0.280. The van der Waals surface area contributed by atoms with Crippen LogP contribution in [0.2, 0.25) is 5.02 Å². The highest BCUT2D eigenvalue weighted by Crippen LogP contribution is 2.27. The molecule has 0 aliphatic heterocycles. The molecule has 0 fully saturated rings. The number of aliphatic hydroxyl groups excluding tert-OH is 1. The molecule has 0 saturated carbocycles. The molecule has 3 N–H and O–H groups in total. The van der Waals surface area contributed by atoms with Gasteiger partial charge in [-0.15, -0.1) is 0 Å². The van der Waals surface area contributed by atoms with Gasteiger partial charge < -0.3 is 10.8 Å². The Balaban J connectivity index is 2.54. The van der Waals surface area contributed by atoms with Crippen molar-refractivity contribution in [2.45, 2.75) is 13.2 Å². The van der Waals surface area contributed by atoms with Crippen LogP contribution >= 0.6 is 11.6 Å². The second-order valence-electron chi connectivity index (χ2n) is 3.81. The maximum atomic E-state index is 9.29. The van der Waals surface area contributed by atoms with Crippen LogP contribution in [0.5, 0.6) is 0 Å². The molecular formula is C14H14ClNO. The van der Waals surface area contributed by atoms with Gasteiger partial charge in [0.2, 0.25) is 0 Å². The van der Waals surface area contributed by atoms with Crippen LogP contribution in [0.25, 0.3) is 11.1 Å². The molecule has 0 atom stereocenters. The average Bonchev–Trinajstić information content (AvgIpc) is 2.38. The summed E-state index contributed by atoms with van der Waals surface area (Å²) < 4.78 is 0. The number of hydrogen-bond donors (Lipinski definition) is 2. The highest BCUT2D eigenvalue weighted by atomic mass is 35.5. The van der Waals surface area contributed by atoms with E-state index in [1.54, 1.807) is 0 Å². The zero-order valence-electron chi connectivity index (χ0n) is 9.36. The van der Waals surface area contributed by atoms with Gasteiger partial charge in [0.15, 0.2) is 0 Å². The van der Waals surface area contributed by atoms with Gasteiger partial charge in [-0.2, -0.15) is 0 Å². The molecule has 0 aromatic heterocycles. The molecule has 2 aromatic carbocycles. The lowest BCUT2D eigenvalue weighted by atomic mass is 9.96. The largest absolute Gasteiger partial charge is 0.392 e. The van der Waals surface area contributed by atoms with Gasteiger partial charge in [0.25, 0.3) is 0 Å². The van der Waals surface area contributed by atoms with Crippen LogP contribution in [0.15, 0.2) is 42.5 Å². The molecule has 0 radical (unpaired) electrons. The Labute approximate surface area is 106 Å². The van der Waals surface area contributed by atoms with Crippen molar-refractivity contribution in [1.82, 2.24) is 0 Å². The Kier molecular flexibility index (Phi) is 3.79. The minimum absolute atomic E-state index is 0.00790. The molecule has 2 nitrogen and oxygen atoms in total. The Morgan fingerprint density at radius 2 is 1.76 bits per heavy atom. The van der Waals surface area contributed by atoms with E-state index in [9.17, 15) is 5.11 Å². The Morgan fingerprint density at radius 1 is 1.06 bits per heavy atom. The lowest BCUT2D eigenvalue weighted by Crippen LogP contribution is -2.04. The predicted molar refractivity (Wildman–Crippen MR) is 70.7 cm³/mol. The summed E-state index contributed by atoms with van der Waals surface area (Å²) in [5, 5.41) is 10.00. The highest BCUT2D eigenvalue weighted by molar-refractivity contribution is 6.30. The molecule has 88 valence electrons. The lowest BCUT2D eigenvalue weighted by Gasteiger charge is -2.12. The number of benzene rings is 2. The third-order valence-corrected chi connectivity index (χ3v) is 3.05. The van der Waals surface area contributed by atoms with Crippen LogP contribution in [-0.4, -0.2) is 5.11 Å². The van der Waals surface area contributed by atoms with Gasteiger partial charge in [-0.1, -0.05) is 41.9 Å². The summed E-state index contributed by atoms with van der Waals surface area (Å²) in [6.45, 7) is 0.419. The summed E-state index contributed by atoms with van der Waals surface area (Å²) in [6.07, 6.45) is 0. The van der Waals surface area contributed by atoms with Crippen LogP contribution in [0.3, 0.4) is 0 Å². The van der Waals surface area contributed by atoms with Crippen molar-refractivity contribution in [1.29, 1.82) is 0 Å². The summed E-state index contributed by atoms with van der Waals surface area (Å²) in [5.74, 6) is 0. The molecule has 0 aliphatic carbocycles. The Hall–Kier alpha value is -1.35. The molecule has 0 spiro atoms. The van der Waals surface area contributed by atoms with Gasteiger partial charge in [0.05, 0.1) is 6.61 Å². The first kappa shape index (κ1) is 12.1. The number of rotatable bonds is 3. The van der Waals surface area contributed by atoms with Crippen molar-refractivity contribution in [3.8, 4) is 11.1 Å². The van der Waals surface area contributed by atoms with Gasteiger partial charge in [0, 0.05) is 11.6 Å². The van der Waals surface area contributed by atoms with Crippen molar-refractivity contribution in [2.75, 3.05) is 0 Å². The SMILES string of the molecule is NCc1c(CO)cccc1-c1ccc(Cl)cc1. The highest BCUT2D eigenvalue weighted by Gasteiger charge is 2.07. The van der Waals surface area contributed by atoms with Crippen LogP contribution in [0.1, 0.15) is 11.1 Å². The first-order valence-electron chi connectivity index (χ1n) is 5.44. The van der Waals surface area contributed by atoms with E-state index < -0.39 is 0 Å². The van der Waals surface area contributed by atoms with Crippen molar-refractivity contribution in [3.63, 3.8) is 0 Å². The second-order valence-corrected chi connectivity index (χ2v) is 4.25. The van der Waals surface area contributed by atoms with Crippen LogP contribution in [0.4, 0.5) is 0 Å². The molecule has 17 heavy (non-hydrogen) atoms. The number of nitrogens with two attached hydrogens (primary N) is 1. The summed E-state index contributed by atoms with van der Waals surface area (Å²) >= 11 is 5.87. The first-order chi connectivity index (χ1) is 8.26. The zero-order chi connectivity index (χ0) is 12.3. The van der Waals surface area contributed by atoms with Crippen molar-refractivity contribution < 1.29 is 5.11 Å². The molecule has 0 heterocycles. The van der Waals surface area contributed by atoms with Crippen LogP contribution in [0, 0.1) is 0 Å². The minimum atomic E-state index is 0.00790. The molecule has 0 unspecified atom stereocenters. The predicted octanol–water partition coefficient (Wildman–Crippen LogP) is 2.96. The van der Waals surface area contributed by atoms with Gasteiger partial charge in [-0.05, 0) is 34.4 Å².